The normalized spacial score (nSPS) is 21.1. The molecule has 2 amide bonds. The lowest BCUT2D eigenvalue weighted by Gasteiger charge is -2.22. The number of benzene rings is 1. The molecule has 2 aliphatic rings. The predicted octanol–water partition coefficient (Wildman–Crippen LogP) is 2.83. The lowest BCUT2D eigenvalue weighted by atomic mass is 9.96. The summed E-state index contributed by atoms with van der Waals surface area (Å²) < 4.78 is 34.2. The van der Waals surface area contributed by atoms with E-state index in [-0.39, 0.29) is 24.2 Å². The van der Waals surface area contributed by atoms with Crippen LogP contribution in [0.5, 0.6) is 0 Å². The van der Waals surface area contributed by atoms with Crippen molar-refractivity contribution < 1.29 is 27.9 Å². The van der Waals surface area contributed by atoms with Crippen molar-refractivity contribution in [2.45, 2.75) is 57.1 Å². The lowest BCUT2D eigenvalue weighted by Crippen LogP contribution is -2.44. The Balaban J connectivity index is 1.76. The zero-order valence-corrected chi connectivity index (χ0v) is 15.5. The Labute approximate surface area is 155 Å². The average Bonchev–Trinajstić information content (AvgIpc) is 3.29. The highest BCUT2D eigenvalue weighted by Gasteiger charge is 2.47. The van der Waals surface area contributed by atoms with Gasteiger partial charge in [-0.15, -0.1) is 0 Å². The number of anilines is 1. The maximum absolute atomic E-state index is 14.6. The zero-order valence-electron chi connectivity index (χ0n) is 15.5. The first-order chi connectivity index (χ1) is 12.6. The van der Waals surface area contributed by atoms with Gasteiger partial charge in [-0.05, 0) is 46.1 Å². The minimum absolute atomic E-state index is 0.0221. The molecule has 1 aliphatic heterocycles. The van der Waals surface area contributed by atoms with E-state index in [1.54, 1.807) is 20.8 Å². The Morgan fingerprint density at radius 1 is 1.30 bits per heavy atom. The van der Waals surface area contributed by atoms with E-state index in [1.807, 2.05) is 0 Å². The van der Waals surface area contributed by atoms with Gasteiger partial charge in [0.2, 0.25) is 5.91 Å². The summed E-state index contributed by atoms with van der Waals surface area (Å²) in [6.45, 7) is 5.22. The smallest absolute Gasteiger partial charge is 0.408 e. The van der Waals surface area contributed by atoms with Crippen molar-refractivity contribution in [3.05, 3.63) is 29.3 Å². The SMILES string of the molecule is CC(C)(C)OC(=O)N[C@@H]1CCN(c2ccc(C3(C=O)CC3)c(F)c2F)C1=O. The van der Waals surface area contributed by atoms with E-state index in [4.69, 9.17) is 4.74 Å². The molecule has 6 nitrogen and oxygen atoms in total. The van der Waals surface area contributed by atoms with Crippen LogP contribution in [0, 0.1) is 11.6 Å². The molecule has 1 aromatic rings. The van der Waals surface area contributed by atoms with Gasteiger partial charge in [0.1, 0.15) is 17.9 Å². The van der Waals surface area contributed by atoms with E-state index < -0.39 is 40.7 Å². The van der Waals surface area contributed by atoms with E-state index in [0.717, 1.165) is 4.90 Å². The minimum Gasteiger partial charge on any atom is -0.444 e. The molecule has 0 aromatic heterocycles. The van der Waals surface area contributed by atoms with Crippen molar-refractivity contribution in [2.24, 2.45) is 0 Å². The molecule has 1 saturated carbocycles. The zero-order chi connectivity index (χ0) is 20.0. The maximum Gasteiger partial charge on any atom is 0.408 e. The third kappa shape index (κ3) is 3.65. The fraction of sp³-hybridized carbons (Fsp3) is 0.526. The monoisotopic (exact) mass is 380 g/mol. The Bertz CT molecular complexity index is 800. The van der Waals surface area contributed by atoms with E-state index in [0.29, 0.717) is 19.1 Å². The first-order valence-corrected chi connectivity index (χ1v) is 8.84. The molecule has 1 aromatic carbocycles. The maximum atomic E-state index is 14.6. The summed E-state index contributed by atoms with van der Waals surface area (Å²) in [7, 11) is 0. The molecule has 0 spiro atoms. The Hall–Kier alpha value is -2.51. The largest absolute Gasteiger partial charge is 0.444 e. The summed E-state index contributed by atoms with van der Waals surface area (Å²) in [5, 5.41) is 2.46. The van der Waals surface area contributed by atoms with Gasteiger partial charge in [-0.3, -0.25) is 4.79 Å². The fourth-order valence-corrected chi connectivity index (χ4v) is 3.22. The van der Waals surface area contributed by atoms with Gasteiger partial charge in [0, 0.05) is 12.1 Å². The predicted molar refractivity (Wildman–Crippen MR) is 93.5 cm³/mol. The van der Waals surface area contributed by atoms with Crippen LogP contribution in [0.25, 0.3) is 0 Å². The van der Waals surface area contributed by atoms with Crippen LogP contribution in [-0.2, 0) is 19.7 Å². The number of carbonyl (C=O) groups excluding carboxylic acids is 3. The van der Waals surface area contributed by atoms with Crippen molar-refractivity contribution in [1.82, 2.24) is 5.32 Å². The van der Waals surface area contributed by atoms with Crippen LogP contribution in [-0.4, -0.2) is 36.5 Å². The van der Waals surface area contributed by atoms with Crippen LogP contribution in [0.15, 0.2) is 12.1 Å². The van der Waals surface area contributed by atoms with Gasteiger partial charge >= 0.3 is 6.09 Å². The highest BCUT2D eigenvalue weighted by atomic mass is 19.2. The van der Waals surface area contributed by atoms with E-state index in [2.05, 4.69) is 5.32 Å². The van der Waals surface area contributed by atoms with Crippen molar-refractivity contribution in [3.63, 3.8) is 0 Å². The van der Waals surface area contributed by atoms with Gasteiger partial charge in [0.15, 0.2) is 11.6 Å². The number of carbonyl (C=O) groups is 3. The Kier molecular flexibility index (Phi) is 4.69. The van der Waals surface area contributed by atoms with Crippen molar-refractivity contribution in [3.8, 4) is 0 Å². The quantitative estimate of drug-likeness (QED) is 0.815. The summed E-state index contributed by atoms with van der Waals surface area (Å²) in [5.74, 6) is -2.80. The van der Waals surface area contributed by atoms with E-state index >= 15 is 0 Å². The number of amides is 2. The molecular formula is C19H22F2N2O4. The summed E-state index contributed by atoms with van der Waals surface area (Å²) in [6, 6.07) is 1.80. The number of ether oxygens (including phenoxy) is 1. The molecule has 1 heterocycles. The molecule has 0 unspecified atom stereocenters. The number of nitrogens with one attached hydrogen (secondary N) is 1. The highest BCUT2D eigenvalue weighted by molar-refractivity contribution is 6.01. The first kappa shape index (κ1) is 19.3. The lowest BCUT2D eigenvalue weighted by molar-refractivity contribution is -0.118. The molecule has 146 valence electrons. The van der Waals surface area contributed by atoms with Gasteiger partial charge in [-0.2, -0.15) is 0 Å². The highest BCUT2D eigenvalue weighted by Crippen LogP contribution is 2.48. The number of hydrogen-bond donors (Lipinski definition) is 1. The van der Waals surface area contributed by atoms with Crippen LogP contribution in [0.2, 0.25) is 0 Å². The molecule has 3 rings (SSSR count). The number of hydrogen-bond acceptors (Lipinski definition) is 4. The number of alkyl carbamates (subject to hydrolysis) is 1. The van der Waals surface area contributed by atoms with Crippen molar-refractivity contribution in [1.29, 1.82) is 0 Å². The number of rotatable bonds is 4. The van der Waals surface area contributed by atoms with Crippen LogP contribution in [0.1, 0.15) is 45.6 Å². The number of aldehydes is 1. The fourth-order valence-electron chi connectivity index (χ4n) is 3.22. The first-order valence-electron chi connectivity index (χ1n) is 8.84. The van der Waals surface area contributed by atoms with Crippen LogP contribution >= 0.6 is 0 Å². The van der Waals surface area contributed by atoms with Gasteiger partial charge in [-0.1, -0.05) is 6.07 Å². The molecule has 1 N–H and O–H groups in total. The van der Waals surface area contributed by atoms with E-state index in [1.165, 1.54) is 12.1 Å². The third-order valence-electron chi connectivity index (χ3n) is 4.80. The molecule has 2 fully saturated rings. The molecule has 27 heavy (non-hydrogen) atoms. The molecule has 8 heteroatoms. The topological polar surface area (TPSA) is 75.7 Å². The van der Waals surface area contributed by atoms with E-state index in [9.17, 15) is 23.2 Å². The molecule has 1 saturated heterocycles. The molecule has 1 atom stereocenters. The summed E-state index contributed by atoms with van der Waals surface area (Å²) in [6.07, 6.45) is 1.12. The Morgan fingerprint density at radius 2 is 1.96 bits per heavy atom. The average molecular weight is 380 g/mol. The van der Waals surface area contributed by atoms with Crippen molar-refractivity contribution >= 4 is 24.0 Å². The molecular weight excluding hydrogens is 358 g/mol. The van der Waals surface area contributed by atoms with Gasteiger partial charge < -0.3 is 19.7 Å². The second kappa shape index (κ2) is 6.58. The minimum atomic E-state index is -1.16. The standard InChI is InChI=1S/C19H22F2N2O4/c1-18(2,3)27-17(26)22-12-6-9-23(16(12)25)13-5-4-11(14(20)15(13)21)19(10-24)7-8-19/h4-5,10,12H,6-9H2,1-3H3,(H,22,26)/t12-/m1/s1. The van der Waals surface area contributed by atoms with Crippen LogP contribution < -0.4 is 10.2 Å². The summed E-state index contributed by atoms with van der Waals surface area (Å²) in [5.41, 5.74) is -1.84. The summed E-state index contributed by atoms with van der Waals surface area (Å²) in [4.78, 5) is 36.7. The van der Waals surface area contributed by atoms with Gasteiger partial charge in [-0.25, -0.2) is 13.6 Å². The Morgan fingerprint density at radius 3 is 2.52 bits per heavy atom. The third-order valence-corrected chi connectivity index (χ3v) is 4.80. The van der Waals surface area contributed by atoms with Gasteiger partial charge in [0.05, 0.1) is 11.1 Å². The van der Waals surface area contributed by atoms with Crippen LogP contribution in [0.3, 0.4) is 0 Å². The second-order valence-electron chi connectivity index (χ2n) is 8.01. The number of halogens is 2. The molecule has 0 radical (unpaired) electrons. The molecule has 1 aliphatic carbocycles. The van der Waals surface area contributed by atoms with Crippen molar-refractivity contribution in [2.75, 3.05) is 11.4 Å². The summed E-state index contributed by atoms with van der Waals surface area (Å²) >= 11 is 0. The number of nitrogens with zero attached hydrogens (tertiary/aromatic N) is 1. The van der Waals surface area contributed by atoms with Crippen LogP contribution in [0.4, 0.5) is 19.3 Å². The van der Waals surface area contributed by atoms with Gasteiger partial charge in [0.25, 0.3) is 0 Å². The molecule has 0 bridgehead atoms. The second-order valence-corrected chi connectivity index (χ2v) is 8.01.